The number of benzene rings is 2. The number of non-ortho nitro benzene ring substituents is 1. The van der Waals surface area contributed by atoms with Gasteiger partial charge in [-0.3, -0.25) is 19.7 Å². The minimum atomic E-state index is -0.637. The van der Waals surface area contributed by atoms with Crippen LogP contribution in [0.2, 0.25) is 0 Å². The SMILES string of the molecule is COc1ccc(NC(=O)C(=Cc2cccc([N+](=O)[O-])c2)NC(=O)c2ccco2)cc1. The van der Waals surface area contributed by atoms with Crippen molar-refractivity contribution in [3.63, 3.8) is 0 Å². The molecule has 0 aliphatic rings. The summed E-state index contributed by atoms with van der Waals surface area (Å²) in [6.07, 6.45) is 2.67. The van der Waals surface area contributed by atoms with Gasteiger partial charge >= 0.3 is 0 Å². The van der Waals surface area contributed by atoms with Gasteiger partial charge in [0.15, 0.2) is 5.76 Å². The molecular weight excluding hydrogens is 390 g/mol. The third-order valence-corrected chi connectivity index (χ3v) is 3.98. The number of carbonyl (C=O) groups excluding carboxylic acids is 2. The molecule has 9 nitrogen and oxygen atoms in total. The van der Waals surface area contributed by atoms with Gasteiger partial charge in [0.25, 0.3) is 17.5 Å². The molecule has 2 N–H and O–H groups in total. The lowest BCUT2D eigenvalue weighted by atomic mass is 10.1. The van der Waals surface area contributed by atoms with Gasteiger partial charge < -0.3 is 19.8 Å². The Morgan fingerprint density at radius 1 is 1.10 bits per heavy atom. The molecule has 0 bridgehead atoms. The number of nitrogens with one attached hydrogen (secondary N) is 2. The van der Waals surface area contributed by atoms with Gasteiger partial charge in [-0.25, -0.2) is 0 Å². The van der Waals surface area contributed by atoms with E-state index in [4.69, 9.17) is 9.15 Å². The Kier molecular flexibility index (Phi) is 6.23. The first-order valence-corrected chi connectivity index (χ1v) is 8.72. The monoisotopic (exact) mass is 407 g/mol. The topological polar surface area (TPSA) is 124 Å². The van der Waals surface area contributed by atoms with Crippen LogP contribution in [-0.4, -0.2) is 23.8 Å². The predicted octanol–water partition coefficient (Wildman–Crippen LogP) is 3.61. The van der Waals surface area contributed by atoms with Crippen molar-refractivity contribution in [1.29, 1.82) is 0 Å². The Balaban J connectivity index is 1.89. The number of carbonyl (C=O) groups is 2. The van der Waals surface area contributed by atoms with E-state index in [0.29, 0.717) is 17.0 Å². The van der Waals surface area contributed by atoms with E-state index in [-0.39, 0.29) is 17.1 Å². The van der Waals surface area contributed by atoms with Gasteiger partial charge in [0, 0.05) is 17.8 Å². The molecule has 30 heavy (non-hydrogen) atoms. The molecule has 9 heteroatoms. The normalized spacial score (nSPS) is 10.9. The lowest BCUT2D eigenvalue weighted by molar-refractivity contribution is -0.384. The second-order valence-corrected chi connectivity index (χ2v) is 6.02. The number of hydrogen-bond acceptors (Lipinski definition) is 6. The van der Waals surface area contributed by atoms with E-state index >= 15 is 0 Å². The zero-order valence-electron chi connectivity index (χ0n) is 15.8. The minimum Gasteiger partial charge on any atom is -0.497 e. The maximum Gasteiger partial charge on any atom is 0.291 e. The van der Waals surface area contributed by atoms with E-state index in [0.717, 1.165) is 0 Å². The van der Waals surface area contributed by atoms with Crippen molar-refractivity contribution in [2.75, 3.05) is 12.4 Å². The number of hydrogen-bond donors (Lipinski definition) is 2. The average molecular weight is 407 g/mol. The number of nitro groups is 1. The van der Waals surface area contributed by atoms with Gasteiger partial charge in [0.1, 0.15) is 11.4 Å². The highest BCUT2D eigenvalue weighted by molar-refractivity contribution is 6.10. The molecule has 1 aromatic heterocycles. The molecule has 1 heterocycles. The van der Waals surface area contributed by atoms with Gasteiger partial charge in [-0.1, -0.05) is 12.1 Å². The van der Waals surface area contributed by atoms with Crippen LogP contribution >= 0.6 is 0 Å². The quantitative estimate of drug-likeness (QED) is 0.350. The number of furan rings is 1. The largest absolute Gasteiger partial charge is 0.497 e. The molecule has 152 valence electrons. The molecule has 0 saturated carbocycles. The lowest BCUT2D eigenvalue weighted by Gasteiger charge is -2.11. The zero-order valence-corrected chi connectivity index (χ0v) is 15.8. The van der Waals surface area contributed by atoms with Gasteiger partial charge in [-0.2, -0.15) is 0 Å². The third kappa shape index (κ3) is 5.10. The van der Waals surface area contributed by atoms with Crippen LogP contribution in [0.4, 0.5) is 11.4 Å². The molecule has 0 unspecified atom stereocenters. The summed E-state index contributed by atoms with van der Waals surface area (Å²) in [7, 11) is 1.53. The smallest absolute Gasteiger partial charge is 0.291 e. The first kappa shape index (κ1) is 20.3. The van der Waals surface area contributed by atoms with Crippen LogP contribution in [0.1, 0.15) is 16.1 Å². The number of methoxy groups -OCH3 is 1. The predicted molar refractivity (Wildman–Crippen MR) is 109 cm³/mol. The number of nitro benzene ring substituents is 1. The van der Waals surface area contributed by atoms with Crippen LogP contribution in [0, 0.1) is 10.1 Å². The van der Waals surface area contributed by atoms with Crippen molar-refractivity contribution in [2.24, 2.45) is 0 Å². The molecule has 0 aliphatic heterocycles. The average Bonchev–Trinajstić information content (AvgIpc) is 3.29. The maximum absolute atomic E-state index is 12.8. The van der Waals surface area contributed by atoms with Gasteiger partial charge in [-0.15, -0.1) is 0 Å². The fourth-order valence-electron chi connectivity index (χ4n) is 2.52. The Morgan fingerprint density at radius 2 is 1.87 bits per heavy atom. The first-order valence-electron chi connectivity index (χ1n) is 8.72. The maximum atomic E-state index is 12.8. The van der Waals surface area contributed by atoms with E-state index in [1.165, 1.54) is 49.8 Å². The van der Waals surface area contributed by atoms with Crippen LogP contribution in [0.5, 0.6) is 5.75 Å². The van der Waals surface area contributed by atoms with Gasteiger partial charge in [-0.05, 0) is 48.0 Å². The second-order valence-electron chi connectivity index (χ2n) is 6.02. The number of anilines is 1. The third-order valence-electron chi connectivity index (χ3n) is 3.98. The fraction of sp³-hybridized carbons (Fsp3) is 0.0476. The van der Waals surface area contributed by atoms with Gasteiger partial charge in [0.05, 0.1) is 18.3 Å². The van der Waals surface area contributed by atoms with E-state index in [1.807, 2.05) is 0 Å². The van der Waals surface area contributed by atoms with Crippen LogP contribution in [0.3, 0.4) is 0 Å². The summed E-state index contributed by atoms with van der Waals surface area (Å²) in [5.41, 5.74) is 0.575. The number of nitrogens with zero attached hydrogens (tertiary/aromatic N) is 1. The highest BCUT2D eigenvalue weighted by Crippen LogP contribution is 2.18. The molecule has 0 atom stereocenters. The Bertz CT molecular complexity index is 1090. The first-order chi connectivity index (χ1) is 14.5. The fourth-order valence-corrected chi connectivity index (χ4v) is 2.52. The zero-order chi connectivity index (χ0) is 21.5. The molecule has 0 spiro atoms. The van der Waals surface area contributed by atoms with Crippen molar-refractivity contribution in [3.05, 3.63) is 94.1 Å². The van der Waals surface area contributed by atoms with Crippen molar-refractivity contribution >= 4 is 29.3 Å². The number of ether oxygens (including phenoxy) is 1. The molecule has 0 fully saturated rings. The lowest BCUT2D eigenvalue weighted by Crippen LogP contribution is -2.30. The van der Waals surface area contributed by atoms with Gasteiger partial charge in [0.2, 0.25) is 0 Å². The molecule has 3 rings (SSSR count). The van der Waals surface area contributed by atoms with E-state index in [9.17, 15) is 19.7 Å². The van der Waals surface area contributed by atoms with E-state index < -0.39 is 16.7 Å². The summed E-state index contributed by atoms with van der Waals surface area (Å²) in [6.45, 7) is 0. The molecule has 0 aliphatic carbocycles. The molecule has 0 radical (unpaired) electrons. The summed E-state index contributed by atoms with van der Waals surface area (Å²) >= 11 is 0. The summed E-state index contributed by atoms with van der Waals surface area (Å²) in [6, 6.07) is 15.3. The number of rotatable bonds is 7. The Hall–Kier alpha value is -4.40. The molecule has 0 saturated heterocycles. The second kappa shape index (κ2) is 9.20. The summed E-state index contributed by atoms with van der Waals surface area (Å²) in [4.78, 5) is 35.6. The molecular formula is C21H17N3O6. The molecule has 2 amide bonds. The summed E-state index contributed by atoms with van der Waals surface area (Å²) < 4.78 is 10.1. The van der Waals surface area contributed by atoms with E-state index in [1.54, 1.807) is 30.3 Å². The van der Waals surface area contributed by atoms with E-state index in [2.05, 4.69) is 10.6 Å². The van der Waals surface area contributed by atoms with Crippen LogP contribution in [0.15, 0.2) is 77.0 Å². The summed E-state index contributed by atoms with van der Waals surface area (Å²) in [5.74, 6) is -0.628. The van der Waals surface area contributed by atoms with Crippen LogP contribution in [0.25, 0.3) is 6.08 Å². The summed E-state index contributed by atoms with van der Waals surface area (Å²) in [5, 5.41) is 16.2. The standard InChI is InChI=1S/C21H17N3O6/c1-29-17-9-7-15(8-10-17)22-20(25)18(23-21(26)19-6-3-11-30-19)13-14-4-2-5-16(12-14)24(27)28/h2-13H,1H3,(H,22,25)(H,23,26). The molecule has 3 aromatic rings. The van der Waals surface area contributed by atoms with Crippen molar-refractivity contribution in [1.82, 2.24) is 5.32 Å². The van der Waals surface area contributed by atoms with Crippen LogP contribution < -0.4 is 15.4 Å². The minimum absolute atomic E-state index is 0.0113. The Morgan fingerprint density at radius 3 is 2.50 bits per heavy atom. The van der Waals surface area contributed by atoms with Crippen molar-refractivity contribution in [2.45, 2.75) is 0 Å². The highest BCUT2D eigenvalue weighted by atomic mass is 16.6. The molecule has 2 aromatic carbocycles. The van der Waals surface area contributed by atoms with Crippen LogP contribution in [-0.2, 0) is 4.79 Å². The van der Waals surface area contributed by atoms with Crippen molar-refractivity contribution in [3.8, 4) is 5.75 Å². The van der Waals surface area contributed by atoms with Crippen molar-refractivity contribution < 1.29 is 23.7 Å². The highest BCUT2D eigenvalue weighted by Gasteiger charge is 2.17. The number of amides is 2. The Labute approximate surface area is 171 Å².